The maximum atomic E-state index is 12.9. The van der Waals surface area contributed by atoms with Crippen LogP contribution in [0.2, 0.25) is 0 Å². The van der Waals surface area contributed by atoms with Gasteiger partial charge in [0.1, 0.15) is 0 Å². The first-order chi connectivity index (χ1) is 18.4. The first-order valence-corrected chi connectivity index (χ1v) is 12.6. The SMILES string of the molecule is C[C@H](NC(=O)c1ccccc1NC(=O)COC(=O)[C@H]1CC(=O)N(CCc2ccccc2)C1)c1ccccc1. The number of nitrogens with one attached hydrogen (secondary N) is 2. The van der Waals surface area contributed by atoms with Crippen molar-refractivity contribution in [2.24, 2.45) is 5.92 Å². The normalized spacial score (nSPS) is 15.6. The summed E-state index contributed by atoms with van der Waals surface area (Å²) >= 11 is 0. The average Bonchev–Trinajstić information content (AvgIpc) is 3.32. The van der Waals surface area contributed by atoms with Crippen LogP contribution in [0, 0.1) is 5.92 Å². The molecule has 1 saturated heterocycles. The molecule has 1 aliphatic heterocycles. The Morgan fingerprint density at radius 3 is 2.34 bits per heavy atom. The Kier molecular flexibility index (Phi) is 8.87. The Balaban J connectivity index is 1.26. The Bertz CT molecular complexity index is 1280. The van der Waals surface area contributed by atoms with Crippen LogP contribution in [0.1, 0.15) is 40.9 Å². The molecule has 2 atom stereocenters. The van der Waals surface area contributed by atoms with E-state index in [4.69, 9.17) is 4.74 Å². The number of rotatable bonds is 10. The van der Waals surface area contributed by atoms with E-state index in [0.29, 0.717) is 24.2 Å². The summed E-state index contributed by atoms with van der Waals surface area (Å²) in [6.07, 6.45) is 0.770. The van der Waals surface area contributed by atoms with E-state index in [-0.39, 0.29) is 30.8 Å². The fourth-order valence-electron chi connectivity index (χ4n) is 4.39. The predicted octanol–water partition coefficient (Wildman–Crippen LogP) is 3.75. The summed E-state index contributed by atoms with van der Waals surface area (Å²) < 4.78 is 5.21. The lowest BCUT2D eigenvalue weighted by atomic mass is 10.1. The minimum absolute atomic E-state index is 0.0673. The molecule has 0 saturated carbocycles. The molecule has 0 aliphatic carbocycles. The number of benzene rings is 3. The first kappa shape index (κ1) is 26.6. The van der Waals surface area contributed by atoms with Crippen LogP contribution in [0.4, 0.5) is 5.69 Å². The topological polar surface area (TPSA) is 105 Å². The average molecular weight is 514 g/mol. The molecule has 8 heteroatoms. The second-order valence-electron chi connectivity index (χ2n) is 9.28. The number of esters is 1. The molecular formula is C30H31N3O5. The van der Waals surface area contributed by atoms with Gasteiger partial charge in [0.15, 0.2) is 6.61 Å². The van der Waals surface area contributed by atoms with E-state index in [2.05, 4.69) is 10.6 Å². The van der Waals surface area contributed by atoms with Crippen molar-refractivity contribution in [3.8, 4) is 0 Å². The van der Waals surface area contributed by atoms with Gasteiger partial charge in [-0.15, -0.1) is 0 Å². The highest BCUT2D eigenvalue weighted by molar-refractivity contribution is 6.04. The van der Waals surface area contributed by atoms with E-state index in [1.807, 2.05) is 67.6 Å². The molecule has 0 spiro atoms. The van der Waals surface area contributed by atoms with E-state index in [1.54, 1.807) is 29.2 Å². The van der Waals surface area contributed by atoms with Gasteiger partial charge < -0.3 is 20.3 Å². The zero-order valence-electron chi connectivity index (χ0n) is 21.3. The fourth-order valence-corrected chi connectivity index (χ4v) is 4.39. The van der Waals surface area contributed by atoms with Crippen LogP contribution in [0.5, 0.6) is 0 Å². The van der Waals surface area contributed by atoms with Crippen LogP contribution in [0.3, 0.4) is 0 Å². The molecular weight excluding hydrogens is 482 g/mol. The molecule has 3 amide bonds. The third kappa shape index (κ3) is 7.06. The summed E-state index contributed by atoms with van der Waals surface area (Å²) in [6.45, 7) is 2.16. The quantitative estimate of drug-likeness (QED) is 0.402. The predicted molar refractivity (Wildman–Crippen MR) is 143 cm³/mol. The van der Waals surface area contributed by atoms with Crippen LogP contribution in [-0.4, -0.2) is 48.3 Å². The van der Waals surface area contributed by atoms with Crippen molar-refractivity contribution < 1.29 is 23.9 Å². The van der Waals surface area contributed by atoms with Crippen molar-refractivity contribution in [3.05, 3.63) is 102 Å². The molecule has 8 nitrogen and oxygen atoms in total. The summed E-state index contributed by atoms with van der Waals surface area (Å²) in [5, 5.41) is 5.58. The summed E-state index contributed by atoms with van der Waals surface area (Å²) in [6, 6.07) is 25.8. The van der Waals surface area contributed by atoms with Crippen LogP contribution in [0.15, 0.2) is 84.9 Å². The van der Waals surface area contributed by atoms with Gasteiger partial charge in [-0.05, 0) is 36.6 Å². The number of hydrogen-bond donors (Lipinski definition) is 2. The lowest BCUT2D eigenvalue weighted by Gasteiger charge is -2.17. The Hall–Kier alpha value is -4.46. The number of para-hydroxylation sites is 1. The van der Waals surface area contributed by atoms with Crippen LogP contribution < -0.4 is 10.6 Å². The maximum Gasteiger partial charge on any atom is 0.311 e. The lowest BCUT2D eigenvalue weighted by molar-refractivity contribution is -0.151. The van der Waals surface area contributed by atoms with Gasteiger partial charge in [0.05, 0.1) is 23.2 Å². The highest BCUT2D eigenvalue weighted by Crippen LogP contribution is 2.21. The third-order valence-corrected chi connectivity index (χ3v) is 6.50. The van der Waals surface area contributed by atoms with E-state index < -0.39 is 24.4 Å². The molecule has 2 N–H and O–H groups in total. The molecule has 0 aromatic heterocycles. The molecule has 1 fully saturated rings. The van der Waals surface area contributed by atoms with Gasteiger partial charge in [-0.25, -0.2) is 0 Å². The second-order valence-corrected chi connectivity index (χ2v) is 9.28. The van der Waals surface area contributed by atoms with Gasteiger partial charge in [0, 0.05) is 19.5 Å². The second kappa shape index (κ2) is 12.7. The highest BCUT2D eigenvalue weighted by Gasteiger charge is 2.35. The minimum Gasteiger partial charge on any atom is -0.455 e. The number of carbonyl (C=O) groups excluding carboxylic acids is 4. The largest absolute Gasteiger partial charge is 0.455 e. The Morgan fingerprint density at radius 1 is 0.947 bits per heavy atom. The van der Waals surface area contributed by atoms with Crippen LogP contribution in [0.25, 0.3) is 0 Å². The summed E-state index contributed by atoms with van der Waals surface area (Å²) in [4.78, 5) is 52.0. The Morgan fingerprint density at radius 2 is 1.61 bits per heavy atom. The van der Waals surface area contributed by atoms with Gasteiger partial charge in [-0.1, -0.05) is 72.8 Å². The van der Waals surface area contributed by atoms with E-state index in [9.17, 15) is 19.2 Å². The summed E-state index contributed by atoms with van der Waals surface area (Å²) in [5.74, 6) is -2.20. The zero-order valence-corrected chi connectivity index (χ0v) is 21.3. The summed E-state index contributed by atoms with van der Waals surface area (Å²) in [5.41, 5.74) is 2.68. The number of hydrogen-bond acceptors (Lipinski definition) is 5. The molecule has 38 heavy (non-hydrogen) atoms. The van der Waals surface area contributed by atoms with Crippen molar-refractivity contribution in [2.45, 2.75) is 25.8 Å². The molecule has 0 radical (unpaired) electrons. The highest BCUT2D eigenvalue weighted by atomic mass is 16.5. The van der Waals surface area contributed by atoms with E-state index >= 15 is 0 Å². The smallest absolute Gasteiger partial charge is 0.311 e. The first-order valence-electron chi connectivity index (χ1n) is 12.6. The standard InChI is InChI=1S/C30H31N3O5/c1-21(23-12-6-3-7-13-23)31-29(36)25-14-8-9-15-26(25)32-27(34)20-38-30(37)24-18-28(35)33(19-24)17-16-22-10-4-2-5-11-22/h2-15,21,24H,16-20H2,1H3,(H,31,36)(H,32,34)/t21-,24-/m0/s1. The number of ether oxygens (including phenoxy) is 1. The fraction of sp³-hybridized carbons (Fsp3) is 0.267. The molecule has 1 aliphatic rings. The molecule has 196 valence electrons. The molecule has 0 bridgehead atoms. The maximum absolute atomic E-state index is 12.9. The summed E-state index contributed by atoms with van der Waals surface area (Å²) in [7, 11) is 0. The zero-order chi connectivity index (χ0) is 26.9. The molecule has 0 unspecified atom stereocenters. The van der Waals surface area contributed by atoms with Gasteiger partial charge in [0.25, 0.3) is 11.8 Å². The van der Waals surface area contributed by atoms with Gasteiger partial charge in [-0.3, -0.25) is 19.2 Å². The monoisotopic (exact) mass is 513 g/mol. The minimum atomic E-state index is -0.608. The van der Waals surface area contributed by atoms with Crippen molar-refractivity contribution in [2.75, 3.05) is 25.0 Å². The molecule has 1 heterocycles. The van der Waals surface area contributed by atoms with Gasteiger partial charge in [-0.2, -0.15) is 0 Å². The third-order valence-electron chi connectivity index (χ3n) is 6.50. The number of nitrogens with zero attached hydrogens (tertiary/aromatic N) is 1. The van der Waals surface area contributed by atoms with Crippen molar-refractivity contribution in [1.82, 2.24) is 10.2 Å². The number of amides is 3. The molecule has 3 aromatic carbocycles. The van der Waals surface area contributed by atoms with Crippen molar-refractivity contribution >= 4 is 29.4 Å². The van der Waals surface area contributed by atoms with Crippen LogP contribution in [-0.2, 0) is 25.5 Å². The Labute approximate surface area is 222 Å². The van der Waals surface area contributed by atoms with Crippen molar-refractivity contribution in [1.29, 1.82) is 0 Å². The van der Waals surface area contributed by atoms with Gasteiger partial charge in [0.2, 0.25) is 5.91 Å². The van der Waals surface area contributed by atoms with Crippen molar-refractivity contribution in [3.63, 3.8) is 0 Å². The number of anilines is 1. The number of carbonyl (C=O) groups is 4. The number of likely N-dealkylation sites (tertiary alicyclic amines) is 1. The van der Waals surface area contributed by atoms with Gasteiger partial charge >= 0.3 is 5.97 Å². The lowest BCUT2D eigenvalue weighted by Crippen LogP contribution is -2.30. The molecule has 3 aromatic rings. The van der Waals surface area contributed by atoms with E-state index in [1.165, 1.54) is 0 Å². The van der Waals surface area contributed by atoms with Crippen LogP contribution >= 0.6 is 0 Å². The van der Waals surface area contributed by atoms with E-state index in [0.717, 1.165) is 11.1 Å². The molecule has 4 rings (SSSR count).